The maximum atomic E-state index is 11.8. The van der Waals surface area contributed by atoms with E-state index < -0.39 is 5.97 Å². The average Bonchev–Trinajstić information content (AvgIpc) is 2.41. The Labute approximate surface area is 111 Å². The summed E-state index contributed by atoms with van der Waals surface area (Å²) >= 11 is 0. The van der Waals surface area contributed by atoms with E-state index in [1.807, 2.05) is 0 Å². The second-order valence-corrected chi connectivity index (χ2v) is 3.70. The molecule has 1 amide bonds. The molecule has 0 aliphatic heterocycles. The lowest BCUT2D eigenvalue weighted by Crippen LogP contribution is -2.26. The molecule has 19 heavy (non-hydrogen) atoms. The Morgan fingerprint density at radius 1 is 1.53 bits per heavy atom. The van der Waals surface area contributed by atoms with Gasteiger partial charge in [0.25, 0.3) is 5.91 Å². The van der Waals surface area contributed by atoms with Gasteiger partial charge in [0.15, 0.2) is 11.4 Å². The first-order valence-electron chi connectivity index (χ1n) is 5.84. The summed E-state index contributed by atoms with van der Waals surface area (Å²) in [6.45, 7) is 4.09. The third-order valence-corrected chi connectivity index (χ3v) is 2.20. The molecule has 6 heteroatoms. The van der Waals surface area contributed by atoms with Gasteiger partial charge >= 0.3 is 5.97 Å². The normalized spacial score (nSPS) is 9.68. The van der Waals surface area contributed by atoms with Gasteiger partial charge in [-0.05, 0) is 18.6 Å². The number of carboxylic acid groups (broad SMARTS) is 1. The van der Waals surface area contributed by atoms with E-state index in [-0.39, 0.29) is 31.2 Å². The van der Waals surface area contributed by atoms with Crippen LogP contribution in [-0.2, 0) is 4.79 Å². The molecule has 1 aromatic rings. The number of carbonyl (C=O) groups is 2. The fourth-order valence-electron chi connectivity index (χ4n) is 1.35. The molecule has 1 rings (SSSR count). The number of aromatic nitrogens is 1. The van der Waals surface area contributed by atoms with Gasteiger partial charge in [0, 0.05) is 19.2 Å². The minimum Gasteiger partial charge on any atom is -0.487 e. The summed E-state index contributed by atoms with van der Waals surface area (Å²) in [5, 5.41) is 11.1. The van der Waals surface area contributed by atoms with Crippen molar-refractivity contribution in [1.29, 1.82) is 0 Å². The number of pyridine rings is 1. The Kier molecular flexibility index (Phi) is 6.08. The molecule has 0 aliphatic rings. The number of ether oxygens (including phenoxy) is 1. The highest BCUT2D eigenvalue weighted by atomic mass is 16.5. The van der Waals surface area contributed by atoms with Gasteiger partial charge in [0.1, 0.15) is 6.61 Å². The number of carboxylic acids is 1. The molecule has 0 aromatic carbocycles. The third-order valence-electron chi connectivity index (χ3n) is 2.20. The van der Waals surface area contributed by atoms with Crippen molar-refractivity contribution in [3.63, 3.8) is 0 Å². The van der Waals surface area contributed by atoms with Crippen molar-refractivity contribution >= 4 is 11.9 Å². The lowest BCUT2D eigenvalue weighted by atomic mass is 10.3. The van der Waals surface area contributed by atoms with Crippen LogP contribution >= 0.6 is 0 Å². The number of nitrogens with one attached hydrogen (secondary N) is 1. The van der Waals surface area contributed by atoms with E-state index in [4.69, 9.17) is 9.84 Å². The van der Waals surface area contributed by atoms with Gasteiger partial charge in [0.05, 0.1) is 0 Å². The summed E-state index contributed by atoms with van der Waals surface area (Å²) in [5.41, 5.74) is 0.180. The monoisotopic (exact) mass is 264 g/mol. The lowest BCUT2D eigenvalue weighted by Gasteiger charge is -2.09. The van der Waals surface area contributed by atoms with Crippen molar-refractivity contribution in [2.24, 2.45) is 0 Å². The fourth-order valence-corrected chi connectivity index (χ4v) is 1.35. The first-order chi connectivity index (χ1) is 9.15. The molecule has 6 nitrogen and oxygen atoms in total. The van der Waals surface area contributed by atoms with Crippen LogP contribution in [0.4, 0.5) is 0 Å². The minimum absolute atomic E-state index is 0.0162. The van der Waals surface area contributed by atoms with Crippen molar-refractivity contribution in [3.8, 4) is 5.75 Å². The standard InChI is InChI=1S/C13H16N2O4/c1-2-9-19-10-5-3-7-14-12(10)13(18)15-8-4-6-11(16)17/h2-3,5,7H,1,4,6,8-9H2,(H,15,18)(H,16,17). The van der Waals surface area contributed by atoms with Gasteiger partial charge in [-0.1, -0.05) is 12.7 Å². The highest BCUT2D eigenvalue weighted by molar-refractivity contribution is 5.94. The molecular formula is C13H16N2O4. The van der Waals surface area contributed by atoms with Crippen LogP contribution in [0.1, 0.15) is 23.3 Å². The van der Waals surface area contributed by atoms with Crippen LogP contribution in [0.25, 0.3) is 0 Å². The van der Waals surface area contributed by atoms with Crippen LogP contribution in [0.5, 0.6) is 5.75 Å². The number of rotatable bonds is 8. The maximum Gasteiger partial charge on any atom is 0.303 e. The Bertz CT molecular complexity index is 460. The predicted molar refractivity (Wildman–Crippen MR) is 69.1 cm³/mol. The zero-order valence-corrected chi connectivity index (χ0v) is 10.5. The predicted octanol–water partition coefficient (Wildman–Crippen LogP) is 1.24. The molecule has 1 heterocycles. The van der Waals surface area contributed by atoms with E-state index in [1.165, 1.54) is 6.20 Å². The number of hydrogen-bond acceptors (Lipinski definition) is 4. The molecule has 0 spiro atoms. The van der Waals surface area contributed by atoms with Crippen LogP contribution in [0.2, 0.25) is 0 Å². The fraction of sp³-hybridized carbons (Fsp3) is 0.308. The van der Waals surface area contributed by atoms with Gasteiger partial charge < -0.3 is 15.2 Å². The molecular weight excluding hydrogens is 248 g/mol. The van der Waals surface area contributed by atoms with Crippen molar-refractivity contribution in [2.75, 3.05) is 13.2 Å². The quantitative estimate of drug-likeness (QED) is 0.544. The van der Waals surface area contributed by atoms with Gasteiger partial charge in [-0.3, -0.25) is 9.59 Å². The Morgan fingerprint density at radius 3 is 3.00 bits per heavy atom. The molecule has 0 unspecified atom stereocenters. The van der Waals surface area contributed by atoms with E-state index in [1.54, 1.807) is 18.2 Å². The van der Waals surface area contributed by atoms with Crippen molar-refractivity contribution < 1.29 is 19.4 Å². The molecule has 1 aromatic heterocycles. The number of hydrogen-bond donors (Lipinski definition) is 2. The molecule has 0 radical (unpaired) electrons. The molecule has 0 atom stereocenters. The zero-order valence-electron chi connectivity index (χ0n) is 10.5. The summed E-state index contributed by atoms with van der Waals surface area (Å²) in [4.78, 5) is 26.1. The topological polar surface area (TPSA) is 88.5 Å². The zero-order chi connectivity index (χ0) is 14.1. The summed E-state index contributed by atoms with van der Waals surface area (Å²) in [7, 11) is 0. The average molecular weight is 264 g/mol. The summed E-state index contributed by atoms with van der Waals surface area (Å²) in [6, 6.07) is 3.31. The summed E-state index contributed by atoms with van der Waals surface area (Å²) < 4.78 is 5.32. The molecule has 102 valence electrons. The smallest absolute Gasteiger partial charge is 0.303 e. The second kappa shape index (κ2) is 7.86. The van der Waals surface area contributed by atoms with Gasteiger partial charge in [-0.15, -0.1) is 0 Å². The van der Waals surface area contributed by atoms with E-state index in [2.05, 4.69) is 16.9 Å². The van der Waals surface area contributed by atoms with E-state index in [0.29, 0.717) is 12.2 Å². The number of amides is 1. The van der Waals surface area contributed by atoms with Crippen LogP contribution in [0.3, 0.4) is 0 Å². The van der Waals surface area contributed by atoms with Crippen LogP contribution < -0.4 is 10.1 Å². The van der Waals surface area contributed by atoms with Crippen molar-refractivity contribution in [1.82, 2.24) is 10.3 Å². The first-order valence-corrected chi connectivity index (χ1v) is 5.84. The molecule has 2 N–H and O–H groups in total. The maximum absolute atomic E-state index is 11.8. The van der Waals surface area contributed by atoms with Crippen LogP contribution in [0, 0.1) is 0 Å². The van der Waals surface area contributed by atoms with Gasteiger partial charge in [0.2, 0.25) is 0 Å². The van der Waals surface area contributed by atoms with E-state index in [9.17, 15) is 9.59 Å². The Balaban J connectivity index is 2.55. The summed E-state index contributed by atoms with van der Waals surface area (Å²) in [6.07, 6.45) is 3.45. The lowest BCUT2D eigenvalue weighted by molar-refractivity contribution is -0.137. The second-order valence-electron chi connectivity index (χ2n) is 3.70. The Morgan fingerprint density at radius 2 is 2.32 bits per heavy atom. The van der Waals surface area contributed by atoms with Gasteiger partial charge in [-0.2, -0.15) is 0 Å². The molecule has 0 aliphatic carbocycles. The van der Waals surface area contributed by atoms with Crippen LogP contribution in [-0.4, -0.2) is 35.1 Å². The molecule has 0 fully saturated rings. The molecule has 0 bridgehead atoms. The highest BCUT2D eigenvalue weighted by Crippen LogP contribution is 2.14. The van der Waals surface area contributed by atoms with Crippen LogP contribution in [0.15, 0.2) is 31.0 Å². The van der Waals surface area contributed by atoms with Crippen molar-refractivity contribution in [2.45, 2.75) is 12.8 Å². The van der Waals surface area contributed by atoms with Crippen molar-refractivity contribution in [3.05, 3.63) is 36.7 Å². The molecule has 0 saturated heterocycles. The highest BCUT2D eigenvalue weighted by Gasteiger charge is 2.13. The Hall–Kier alpha value is -2.37. The SMILES string of the molecule is C=CCOc1cccnc1C(=O)NCCCC(=O)O. The number of nitrogens with zero attached hydrogens (tertiary/aromatic N) is 1. The first kappa shape index (κ1) is 14.7. The van der Waals surface area contributed by atoms with E-state index >= 15 is 0 Å². The minimum atomic E-state index is -0.887. The van der Waals surface area contributed by atoms with E-state index in [0.717, 1.165) is 0 Å². The summed E-state index contributed by atoms with van der Waals surface area (Å²) in [5.74, 6) is -0.898. The largest absolute Gasteiger partial charge is 0.487 e. The third kappa shape index (κ3) is 5.20. The molecule has 0 saturated carbocycles. The number of carbonyl (C=O) groups excluding carboxylic acids is 1. The van der Waals surface area contributed by atoms with Gasteiger partial charge in [-0.25, -0.2) is 4.98 Å². The number of aliphatic carboxylic acids is 1.